The maximum Gasteiger partial charge on any atom is 0.271 e. The summed E-state index contributed by atoms with van der Waals surface area (Å²) in [5.74, 6) is 0.257. The van der Waals surface area contributed by atoms with Crippen LogP contribution in [-0.4, -0.2) is 41.8 Å². The third-order valence-electron chi connectivity index (χ3n) is 2.75. The lowest BCUT2D eigenvalue weighted by molar-refractivity contribution is 0.0949. The highest BCUT2D eigenvalue weighted by atomic mass is 16.5. The van der Waals surface area contributed by atoms with E-state index in [0.717, 1.165) is 25.9 Å². The Hall–Kier alpha value is -1.69. The number of aromatic nitrogens is 2. The van der Waals surface area contributed by atoms with Crippen molar-refractivity contribution < 1.29 is 9.53 Å². The monoisotopic (exact) mass is 250 g/mol. The molecule has 2 rings (SSSR count). The molecule has 2 N–H and O–H groups in total. The first-order chi connectivity index (χ1) is 8.79. The van der Waals surface area contributed by atoms with Crippen molar-refractivity contribution in [3.63, 3.8) is 0 Å². The molecule has 1 aliphatic heterocycles. The number of nitrogens with one attached hydrogen (secondary N) is 2. The van der Waals surface area contributed by atoms with Crippen LogP contribution in [0, 0.1) is 0 Å². The van der Waals surface area contributed by atoms with Crippen LogP contribution in [0.1, 0.15) is 30.3 Å². The van der Waals surface area contributed by atoms with Gasteiger partial charge >= 0.3 is 0 Å². The van der Waals surface area contributed by atoms with Crippen molar-refractivity contribution in [2.75, 3.05) is 19.6 Å². The second-order valence-corrected chi connectivity index (χ2v) is 4.20. The lowest BCUT2D eigenvalue weighted by Crippen LogP contribution is -2.37. The molecular weight excluding hydrogens is 232 g/mol. The van der Waals surface area contributed by atoms with Crippen LogP contribution in [0.3, 0.4) is 0 Å². The van der Waals surface area contributed by atoms with Crippen molar-refractivity contribution in [3.05, 3.63) is 17.8 Å². The summed E-state index contributed by atoms with van der Waals surface area (Å²) in [5.41, 5.74) is 0.311. The van der Waals surface area contributed by atoms with Gasteiger partial charge in [-0.1, -0.05) is 0 Å². The molecule has 1 amide bonds. The molecule has 6 heteroatoms. The normalized spacial score (nSPS) is 19.3. The number of nitrogens with zero attached hydrogens (tertiary/aromatic N) is 2. The Labute approximate surface area is 106 Å². The fourth-order valence-electron chi connectivity index (χ4n) is 1.85. The van der Waals surface area contributed by atoms with Crippen LogP contribution in [-0.2, 0) is 0 Å². The molecule has 6 nitrogen and oxygen atoms in total. The van der Waals surface area contributed by atoms with E-state index in [2.05, 4.69) is 20.8 Å². The molecular formula is C12H18N4O2. The van der Waals surface area contributed by atoms with Crippen molar-refractivity contribution in [1.82, 2.24) is 20.8 Å². The second kappa shape index (κ2) is 6.30. The largest absolute Gasteiger partial charge is 0.472 e. The number of hydrogen-bond donors (Lipinski definition) is 2. The van der Waals surface area contributed by atoms with Gasteiger partial charge in [0.2, 0.25) is 5.88 Å². The second-order valence-electron chi connectivity index (χ2n) is 4.20. The molecule has 98 valence electrons. The fraction of sp³-hybridized carbons (Fsp3) is 0.583. The van der Waals surface area contributed by atoms with Crippen LogP contribution in [0.5, 0.6) is 5.88 Å². The molecule has 0 saturated carbocycles. The van der Waals surface area contributed by atoms with E-state index in [9.17, 15) is 4.79 Å². The first kappa shape index (κ1) is 12.8. The van der Waals surface area contributed by atoms with Crippen LogP contribution >= 0.6 is 0 Å². The highest BCUT2D eigenvalue weighted by Crippen LogP contribution is 2.12. The van der Waals surface area contributed by atoms with Crippen LogP contribution in [0.2, 0.25) is 0 Å². The van der Waals surface area contributed by atoms with Crippen LogP contribution < -0.4 is 15.4 Å². The minimum atomic E-state index is -0.212. The lowest BCUT2D eigenvalue weighted by Gasteiger charge is -2.22. The summed E-state index contributed by atoms with van der Waals surface area (Å²) < 4.78 is 5.68. The van der Waals surface area contributed by atoms with Gasteiger partial charge in [0.25, 0.3) is 5.91 Å². The van der Waals surface area contributed by atoms with E-state index < -0.39 is 0 Å². The predicted molar refractivity (Wildman–Crippen MR) is 66.6 cm³/mol. The standard InChI is InChI=1S/C12H18N4O2/c1-2-14-12(17)10-5-6-11(16-15-10)18-9-4-3-7-13-8-9/h5-6,9,13H,2-4,7-8H2,1H3,(H,14,17). The van der Waals surface area contributed by atoms with Gasteiger partial charge in [0.1, 0.15) is 6.10 Å². The Balaban J connectivity index is 1.92. The lowest BCUT2D eigenvalue weighted by atomic mass is 10.1. The van der Waals surface area contributed by atoms with Crippen molar-refractivity contribution >= 4 is 5.91 Å². The average molecular weight is 250 g/mol. The Morgan fingerprint density at radius 1 is 1.56 bits per heavy atom. The molecule has 18 heavy (non-hydrogen) atoms. The summed E-state index contributed by atoms with van der Waals surface area (Å²) in [4.78, 5) is 11.5. The van der Waals surface area contributed by atoms with Crippen molar-refractivity contribution in [2.24, 2.45) is 0 Å². The summed E-state index contributed by atoms with van der Waals surface area (Å²) in [6.45, 7) is 4.31. The van der Waals surface area contributed by atoms with Gasteiger partial charge in [-0.2, -0.15) is 0 Å². The van der Waals surface area contributed by atoms with Gasteiger partial charge in [-0.15, -0.1) is 10.2 Å². The van der Waals surface area contributed by atoms with E-state index in [0.29, 0.717) is 18.1 Å². The zero-order valence-electron chi connectivity index (χ0n) is 10.5. The number of ether oxygens (including phenoxy) is 1. The molecule has 1 aromatic heterocycles. The van der Waals surface area contributed by atoms with Gasteiger partial charge in [0.15, 0.2) is 5.69 Å². The molecule has 0 radical (unpaired) electrons. The smallest absolute Gasteiger partial charge is 0.271 e. The summed E-state index contributed by atoms with van der Waals surface area (Å²) >= 11 is 0. The summed E-state index contributed by atoms with van der Waals surface area (Å²) in [7, 11) is 0. The Morgan fingerprint density at radius 2 is 2.44 bits per heavy atom. The van der Waals surface area contributed by atoms with E-state index in [1.807, 2.05) is 6.92 Å². The highest BCUT2D eigenvalue weighted by Gasteiger charge is 2.15. The maximum absolute atomic E-state index is 11.5. The van der Waals surface area contributed by atoms with E-state index in [1.165, 1.54) is 0 Å². The third-order valence-corrected chi connectivity index (χ3v) is 2.75. The van der Waals surface area contributed by atoms with Crippen molar-refractivity contribution in [3.8, 4) is 5.88 Å². The van der Waals surface area contributed by atoms with Crippen LogP contribution in [0.25, 0.3) is 0 Å². The molecule has 0 bridgehead atoms. The van der Waals surface area contributed by atoms with Gasteiger partial charge in [0.05, 0.1) is 0 Å². The number of rotatable bonds is 4. The molecule has 0 aromatic carbocycles. The number of piperidine rings is 1. The minimum absolute atomic E-state index is 0.142. The first-order valence-corrected chi connectivity index (χ1v) is 6.29. The number of hydrogen-bond acceptors (Lipinski definition) is 5. The molecule has 1 aromatic rings. The molecule has 1 aliphatic rings. The maximum atomic E-state index is 11.5. The van der Waals surface area contributed by atoms with Crippen molar-refractivity contribution in [1.29, 1.82) is 0 Å². The summed E-state index contributed by atoms with van der Waals surface area (Å²) in [6, 6.07) is 3.32. The molecule has 2 heterocycles. The third kappa shape index (κ3) is 3.40. The zero-order valence-corrected chi connectivity index (χ0v) is 10.5. The first-order valence-electron chi connectivity index (χ1n) is 6.29. The van der Waals surface area contributed by atoms with E-state index >= 15 is 0 Å². The van der Waals surface area contributed by atoms with Gasteiger partial charge in [-0.25, -0.2) is 0 Å². The minimum Gasteiger partial charge on any atom is -0.472 e. The molecule has 1 atom stereocenters. The van der Waals surface area contributed by atoms with E-state index in [1.54, 1.807) is 12.1 Å². The number of amides is 1. The van der Waals surface area contributed by atoms with Gasteiger partial charge < -0.3 is 15.4 Å². The topological polar surface area (TPSA) is 76.1 Å². The van der Waals surface area contributed by atoms with Gasteiger partial charge in [-0.05, 0) is 32.4 Å². The van der Waals surface area contributed by atoms with E-state index in [-0.39, 0.29) is 12.0 Å². The summed E-state index contributed by atoms with van der Waals surface area (Å²) in [5, 5.41) is 13.7. The Kier molecular flexibility index (Phi) is 4.46. The molecule has 0 spiro atoms. The average Bonchev–Trinajstić information content (AvgIpc) is 2.41. The van der Waals surface area contributed by atoms with Gasteiger partial charge in [0, 0.05) is 19.2 Å². The van der Waals surface area contributed by atoms with Crippen LogP contribution in [0.15, 0.2) is 12.1 Å². The van der Waals surface area contributed by atoms with Gasteiger partial charge in [-0.3, -0.25) is 4.79 Å². The number of carbonyl (C=O) groups is 1. The zero-order chi connectivity index (χ0) is 12.8. The van der Waals surface area contributed by atoms with E-state index in [4.69, 9.17) is 4.74 Å². The Bertz CT molecular complexity index is 388. The fourth-order valence-corrected chi connectivity index (χ4v) is 1.85. The quantitative estimate of drug-likeness (QED) is 0.806. The molecule has 1 unspecified atom stereocenters. The summed E-state index contributed by atoms with van der Waals surface area (Å²) in [6.07, 6.45) is 2.27. The van der Waals surface area contributed by atoms with Crippen LogP contribution in [0.4, 0.5) is 0 Å². The molecule has 1 saturated heterocycles. The van der Waals surface area contributed by atoms with Crippen molar-refractivity contribution in [2.45, 2.75) is 25.9 Å². The molecule has 1 fully saturated rings. The Morgan fingerprint density at radius 3 is 3.06 bits per heavy atom. The molecule has 0 aliphatic carbocycles. The highest BCUT2D eigenvalue weighted by molar-refractivity contribution is 5.91. The number of carbonyl (C=O) groups excluding carboxylic acids is 1. The SMILES string of the molecule is CCNC(=O)c1ccc(OC2CCCNC2)nn1. The predicted octanol–water partition coefficient (Wildman–Crippen LogP) is 0.357.